The summed E-state index contributed by atoms with van der Waals surface area (Å²) >= 11 is 5.86. The Morgan fingerprint density at radius 2 is 2.05 bits per heavy atom. The number of aryl methyl sites for hydroxylation is 1. The van der Waals surface area contributed by atoms with Crippen molar-refractivity contribution in [2.45, 2.75) is 26.8 Å². The molecule has 4 nitrogen and oxygen atoms in total. The van der Waals surface area contributed by atoms with Gasteiger partial charge in [0.05, 0.1) is 11.3 Å². The summed E-state index contributed by atoms with van der Waals surface area (Å²) in [5.74, 6) is -0.991. The maximum atomic E-state index is 11.3. The second kappa shape index (κ2) is 5.05. The molecule has 0 atom stereocenters. The van der Waals surface area contributed by atoms with Gasteiger partial charge in [0.25, 0.3) is 0 Å². The lowest BCUT2D eigenvalue weighted by Gasteiger charge is -2.06. The number of aromatic carboxylic acids is 1. The summed E-state index contributed by atoms with van der Waals surface area (Å²) in [6, 6.07) is 5.11. The van der Waals surface area contributed by atoms with Crippen molar-refractivity contribution in [2.24, 2.45) is 0 Å². The van der Waals surface area contributed by atoms with E-state index in [9.17, 15) is 9.90 Å². The largest absolute Gasteiger partial charge is 0.478 e. The lowest BCUT2D eigenvalue weighted by molar-refractivity contribution is 0.0697. The number of benzene rings is 1. The predicted octanol–water partition coefficient (Wildman–Crippen LogP) is 3.79. The van der Waals surface area contributed by atoms with Gasteiger partial charge in [0.1, 0.15) is 0 Å². The molecule has 2 rings (SSSR count). The van der Waals surface area contributed by atoms with Gasteiger partial charge in [-0.3, -0.25) is 4.68 Å². The summed E-state index contributed by atoms with van der Waals surface area (Å²) in [7, 11) is 0. The van der Waals surface area contributed by atoms with Gasteiger partial charge in [0, 0.05) is 22.8 Å². The Hall–Kier alpha value is -1.81. The van der Waals surface area contributed by atoms with Crippen molar-refractivity contribution < 1.29 is 9.90 Å². The van der Waals surface area contributed by atoms with Gasteiger partial charge in [0.15, 0.2) is 0 Å². The molecule has 0 aliphatic heterocycles. The maximum absolute atomic E-state index is 11.3. The summed E-state index contributed by atoms with van der Waals surface area (Å²) in [5.41, 5.74) is 2.46. The van der Waals surface area contributed by atoms with Crippen LogP contribution in [0.2, 0.25) is 5.02 Å². The highest BCUT2D eigenvalue weighted by molar-refractivity contribution is 6.31. The molecule has 0 bridgehead atoms. The summed E-state index contributed by atoms with van der Waals surface area (Å²) in [4.78, 5) is 11.3. The van der Waals surface area contributed by atoms with E-state index in [1.807, 2.05) is 31.6 Å². The minimum Gasteiger partial charge on any atom is -0.478 e. The number of nitrogens with zero attached hydrogens (tertiary/aromatic N) is 2. The average Bonchev–Trinajstić information content (AvgIpc) is 2.71. The third kappa shape index (κ3) is 2.63. The molecule has 0 amide bonds. The minimum atomic E-state index is -0.991. The highest BCUT2D eigenvalue weighted by Gasteiger charge is 2.16. The molecule has 0 fully saturated rings. The summed E-state index contributed by atoms with van der Waals surface area (Å²) < 4.78 is 1.82. The fourth-order valence-corrected chi connectivity index (χ4v) is 2.11. The fourth-order valence-electron chi connectivity index (χ4n) is 1.94. The van der Waals surface area contributed by atoms with E-state index in [-0.39, 0.29) is 11.6 Å². The van der Waals surface area contributed by atoms with Crippen LogP contribution in [0.4, 0.5) is 0 Å². The van der Waals surface area contributed by atoms with Crippen LogP contribution >= 0.6 is 11.6 Å². The molecule has 0 aliphatic rings. The molecule has 0 saturated heterocycles. The summed E-state index contributed by atoms with van der Waals surface area (Å²) in [6.45, 7) is 5.92. The zero-order valence-corrected chi connectivity index (χ0v) is 11.8. The van der Waals surface area contributed by atoms with E-state index >= 15 is 0 Å². The molecule has 5 heteroatoms. The van der Waals surface area contributed by atoms with Crippen LogP contribution in [0.3, 0.4) is 0 Å². The Balaban J connectivity index is 2.61. The number of carboxylic acids is 1. The van der Waals surface area contributed by atoms with Crippen molar-refractivity contribution in [1.29, 1.82) is 0 Å². The average molecular weight is 279 g/mol. The van der Waals surface area contributed by atoms with Crippen molar-refractivity contribution >= 4 is 17.6 Å². The molecule has 1 N–H and O–H groups in total. The SMILES string of the molecule is Cc1nn(C(C)C)cc1-c1ccc(Cl)cc1C(=O)O. The Bertz CT molecular complexity index is 632. The molecule has 0 radical (unpaired) electrons. The molecule has 2 aromatic rings. The van der Waals surface area contributed by atoms with Gasteiger partial charge in [-0.25, -0.2) is 4.79 Å². The van der Waals surface area contributed by atoms with Crippen LogP contribution in [0.5, 0.6) is 0 Å². The zero-order valence-electron chi connectivity index (χ0n) is 11.0. The van der Waals surface area contributed by atoms with Crippen LogP contribution in [0.15, 0.2) is 24.4 Å². The number of hydrogen-bond donors (Lipinski definition) is 1. The molecule has 1 heterocycles. The molecule has 0 aliphatic carbocycles. The first-order chi connectivity index (χ1) is 8.90. The van der Waals surface area contributed by atoms with Gasteiger partial charge in [-0.1, -0.05) is 17.7 Å². The highest BCUT2D eigenvalue weighted by atomic mass is 35.5. The molecule has 1 aromatic heterocycles. The molecule has 0 saturated carbocycles. The van der Waals surface area contributed by atoms with Gasteiger partial charge in [-0.2, -0.15) is 5.10 Å². The van der Waals surface area contributed by atoms with Crippen molar-refractivity contribution in [2.75, 3.05) is 0 Å². The molecular weight excluding hydrogens is 264 g/mol. The van der Waals surface area contributed by atoms with Gasteiger partial charge >= 0.3 is 5.97 Å². The van der Waals surface area contributed by atoms with E-state index < -0.39 is 5.97 Å². The maximum Gasteiger partial charge on any atom is 0.336 e. The lowest BCUT2D eigenvalue weighted by atomic mass is 10.0. The molecular formula is C14H15ClN2O2. The van der Waals surface area contributed by atoms with E-state index in [1.54, 1.807) is 12.1 Å². The topological polar surface area (TPSA) is 55.1 Å². The number of rotatable bonds is 3. The zero-order chi connectivity index (χ0) is 14.2. The molecule has 19 heavy (non-hydrogen) atoms. The van der Waals surface area contributed by atoms with Gasteiger partial charge in [-0.05, 0) is 38.5 Å². The van der Waals surface area contributed by atoms with Crippen molar-refractivity contribution in [3.8, 4) is 11.1 Å². The minimum absolute atomic E-state index is 0.193. The Kier molecular flexibility index (Phi) is 3.62. The van der Waals surface area contributed by atoms with Gasteiger partial charge in [0.2, 0.25) is 0 Å². The smallest absolute Gasteiger partial charge is 0.336 e. The van der Waals surface area contributed by atoms with Crippen LogP contribution in [-0.2, 0) is 0 Å². The number of carboxylic acid groups (broad SMARTS) is 1. The number of aromatic nitrogens is 2. The quantitative estimate of drug-likeness (QED) is 0.929. The molecule has 100 valence electrons. The second-order valence-corrected chi connectivity index (χ2v) is 5.13. The third-order valence-corrected chi connectivity index (χ3v) is 3.18. The Morgan fingerprint density at radius 3 is 2.58 bits per heavy atom. The van der Waals surface area contributed by atoms with Gasteiger partial charge in [-0.15, -0.1) is 0 Å². The molecule has 0 unspecified atom stereocenters. The van der Waals surface area contributed by atoms with Gasteiger partial charge < -0.3 is 5.11 Å². The fraction of sp³-hybridized carbons (Fsp3) is 0.286. The normalized spacial score (nSPS) is 11.0. The van der Waals surface area contributed by atoms with Crippen molar-refractivity contribution in [1.82, 2.24) is 9.78 Å². The van der Waals surface area contributed by atoms with Crippen LogP contribution in [0.25, 0.3) is 11.1 Å². The summed E-state index contributed by atoms with van der Waals surface area (Å²) in [5, 5.41) is 14.1. The van der Waals surface area contributed by atoms with Crippen LogP contribution in [-0.4, -0.2) is 20.9 Å². The summed E-state index contributed by atoms with van der Waals surface area (Å²) in [6.07, 6.45) is 1.87. The lowest BCUT2D eigenvalue weighted by Crippen LogP contribution is -2.00. The molecule has 1 aromatic carbocycles. The van der Waals surface area contributed by atoms with Crippen LogP contribution in [0, 0.1) is 6.92 Å². The van der Waals surface area contributed by atoms with E-state index in [0.29, 0.717) is 10.6 Å². The highest BCUT2D eigenvalue weighted by Crippen LogP contribution is 2.29. The Morgan fingerprint density at radius 1 is 1.37 bits per heavy atom. The van der Waals surface area contributed by atoms with Crippen molar-refractivity contribution in [3.05, 3.63) is 40.7 Å². The number of halogens is 1. The second-order valence-electron chi connectivity index (χ2n) is 4.70. The van der Waals surface area contributed by atoms with Crippen molar-refractivity contribution in [3.63, 3.8) is 0 Å². The van der Waals surface area contributed by atoms with E-state index in [2.05, 4.69) is 5.10 Å². The van der Waals surface area contributed by atoms with E-state index in [4.69, 9.17) is 11.6 Å². The first kappa shape index (κ1) is 13.6. The van der Waals surface area contributed by atoms with Crippen LogP contribution in [0.1, 0.15) is 35.9 Å². The monoisotopic (exact) mass is 278 g/mol. The number of carbonyl (C=O) groups is 1. The van der Waals surface area contributed by atoms with E-state index in [0.717, 1.165) is 11.3 Å². The Labute approximate surface area is 116 Å². The van der Waals surface area contributed by atoms with E-state index in [1.165, 1.54) is 6.07 Å². The first-order valence-corrected chi connectivity index (χ1v) is 6.37. The number of hydrogen-bond acceptors (Lipinski definition) is 2. The molecule has 0 spiro atoms. The van der Waals surface area contributed by atoms with Crippen LogP contribution < -0.4 is 0 Å². The predicted molar refractivity (Wildman–Crippen MR) is 74.8 cm³/mol. The first-order valence-electron chi connectivity index (χ1n) is 5.99. The standard InChI is InChI=1S/C14H15ClN2O2/c1-8(2)17-7-13(9(3)16-17)11-5-4-10(15)6-12(11)14(18)19/h4-8H,1-3H3,(H,18,19). The third-order valence-electron chi connectivity index (χ3n) is 2.95.